The molecule has 94 valence electrons. The van der Waals surface area contributed by atoms with E-state index in [0.29, 0.717) is 18.7 Å². The lowest BCUT2D eigenvalue weighted by atomic mass is 10.1. The van der Waals surface area contributed by atoms with E-state index in [1.165, 1.54) is 0 Å². The molecule has 0 radical (unpaired) electrons. The third-order valence-corrected chi connectivity index (χ3v) is 2.91. The van der Waals surface area contributed by atoms with E-state index >= 15 is 0 Å². The van der Waals surface area contributed by atoms with Crippen molar-refractivity contribution < 1.29 is 9.53 Å². The Labute approximate surface area is 108 Å². The first kappa shape index (κ1) is 14.1. The Hall–Kier alpha value is -1.00. The minimum Gasteiger partial charge on any atom is -0.383 e. The van der Waals surface area contributed by atoms with Gasteiger partial charge in [0.1, 0.15) is 0 Å². The molecule has 17 heavy (non-hydrogen) atoms. The fourth-order valence-corrected chi connectivity index (χ4v) is 2.02. The summed E-state index contributed by atoms with van der Waals surface area (Å²) >= 11 is 4.24. The van der Waals surface area contributed by atoms with Gasteiger partial charge in [-0.3, -0.25) is 4.79 Å². The molecule has 1 rings (SSSR count). The number of rotatable bonds is 5. The monoisotopic (exact) mass is 253 g/mol. The fourth-order valence-electron chi connectivity index (χ4n) is 1.79. The van der Waals surface area contributed by atoms with Crippen molar-refractivity contribution in [1.29, 1.82) is 0 Å². The van der Waals surface area contributed by atoms with E-state index in [4.69, 9.17) is 4.74 Å². The molecule has 1 aromatic carbocycles. The summed E-state index contributed by atoms with van der Waals surface area (Å²) in [5.41, 5.74) is 0.669. The molecular formula is C13H19NO2S. The van der Waals surface area contributed by atoms with Crippen LogP contribution in [-0.4, -0.2) is 37.1 Å². The van der Waals surface area contributed by atoms with Crippen LogP contribution in [-0.2, 0) is 4.74 Å². The Morgan fingerprint density at radius 1 is 1.53 bits per heavy atom. The summed E-state index contributed by atoms with van der Waals surface area (Å²) in [7, 11) is 1.64. The van der Waals surface area contributed by atoms with E-state index in [0.717, 1.165) is 4.90 Å². The third kappa shape index (κ3) is 3.75. The highest BCUT2D eigenvalue weighted by Gasteiger charge is 2.19. The predicted octanol–water partition coefficient (Wildman–Crippen LogP) is 2.47. The van der Waals surface area contributed by atoms with Gasteiger partial charge in [-0.15, -0.1) is 12.6 Å². The van der Waals surface area contributed by atoms with Gasteiger partial charge in [-0.25, -0.2) is 0 Å². The SMILES string of the molecule is CCN(C(=O)c1cccc(S)c1)C(C)COC. The minimum absolute atomic E-state index is 0.0213. The molecule has 1 amide bonds. The van der Waals surface area contributed by atoms with Crippen LogP contribution in [0.3, 0.4) is 0 Å². The number of benzene rings is 1. The second-order valence-electron chi connectivity index (χ2n) is 3.95. The zero-order chi connectivity index (χ0) is 12.8. The summed E-state index contributed by atoms with van der Waals surface area (Å²) < 4.78 is 5.09. The summed E-state index contributed by atoms with van der Waals surface area (Å²) in [6.07, 6.45) is 0. The lowest BCUT2D eigenvalue weighted by Crippen LogP contribution is -2.40. The van der Waals surface area contributed by atoms with Gasteiger partial charge in [-0.05, 0) is 32.0 Å². The number of nitrogens with zero attached hydrogens (tertiary/aromatic N) is 1. The van der Waals surface area contributed by atoms with Crippen LogP contribution in [0.15, 0.2) is 29.2 Å². The van der Waals surface area contributed by atoms with Gasteiger partial charge in [0, 0.05) is 24.1 Å². The van der Waals surface area contributed by atoms with Crippen molar-refractivity contribution in [1.82, 2.24) is 4.90 Å². The quantitative estimate of drug-likeness (QED) is 0.817. The Bertz CT molecular complexity index is 381. The van der Waals surface area contributed by atoms with Crippen LogP contribution in [0.25, 0.3) is 0 Å². The smallest absolute Gasteiger partial charge is 0.254 e. The normalized spacial score (nSPS) is 12.2. The molecule has 3 nitrogen and oxygen atoms in total. The minimum atomic E-state index is 0.0213. The lowest BCUT2D eigenvalue weighted by molar-refractivity contribution is 0.0579. The van der Waals surface area contributed by atoms with Crippen molar-refractivity contribution in [2.75, 3.05) is 20.3 Å². The Kier molecular flexibility index (Phi) is 5.51. The van der Waals surface area contributed by atoms with Crippen molar-refractivity contribution in [3.05, 3.63) is 29.8 Å². The topological polar surface area (TPSA) is 29.5 Å². The van der Waals surface area contributed by atoms with Crippen LogP contribution in [0.4, 0.5) is 0 Å². The van der Waals surface area contributed by atoms with Gasteiger partial charge in [-0.1, -0.05) is 6.07 Å². The first-order chi connectivity index (χ1) is 8.10. The number of ether oxygens (including phenoxy) is 1. The largest absolute Gasteiger partial charge is 0.383 e. The second kappa shape index (κ2) is 6.67. The molecule has 0 saturated carbocycles. The van der Waals surface area contributed by atoms with E-state index in [9.17, 15) is 4.79 Å². The maximum atomic E-state index is 12.3. The van der Waals surface area contributed by atoms with Crippen LogP contribution >= 0.6 is 12.6 Å². The Morgan fingerprint density at radius 3 is 2.76 bits per heavy atom. The van der Waals surface area contributed by atoms with Gasteiger partial charge in [0.05, 0.1) is 12.6 Å². The average molecular weight is 253 g/mol. The van der Waals surface area contributed by atoms with Gasteiger partial charge in [-0.2, -0.15) is 0 Å². The third-order valence-electron chi connectivity index (χ3n) is 2.63. The Balaban J connectivity index is 2.86. The van der Waals surface area contributed by atoms with Gasteiger partial charge in [0.2, 0.25) is 0 Å². The molecular weight excluding hydrogens is 234 g/mol. The zero-order valence-corrected chi connectivity index (χ0v) is 11.4. The molecule has 0 aliphatic heterocycles. The second-order valence-corrected chi connectivity index (χ2v) is 4.46. The van der Waals surface area contributed by atoms with Crippen LogP contribution in [0, 0.1) is 0 Å². The fraction of sp³-hybridized carbons (Fsp3) is 0.462. The van der Waals surface area contributed by atoms with E-state index in [-0.39, 0.29) is 11.9 Å². The summed E-state index contributed by atoms with van der Waals surface area (Å²) in [4.78, 5) is 14.9. The number of carbonyl (C=O) groups is 1. The molecule has 0 aliphatic carbocycles. The molecule has 4 heteroatoms. The van der Waals surface area contributed by atoms with E-state index < -0.39 is 0 Å². The summed E-state index contributed by atoms with van der Waals surface area (Å²) in [6.45, 7) is 5.16. The van der Waals surface area contributed by atoms with Crippen LogP contribution in [0.1, 0.15) is 24.2 Å². The first-order valence-corrected chi connectivity index (χ1v) is 6.13. The van der Waals surface area contributed by atoms with Crippen molar-refractivity contribution in [3.63, 3.8) is 0 Å². The van der Waals surface area contributed by atoms with Gasteiger partial charge in [0.15, 0.2) is 0 Å². The number of methoxy groups -OCH3 is 1. The Morgan fingerprint density at radius 2 is 2.24 bits per heavy atom. The number of hydrogen-bond donors (Lipinski definition) is 1. The predicted molar refractivity (Wildman–Crippen MR) is 71.7 cm³/mol. The molecule has 0 heterocycles. The van der Waals surface area contributed by atoms with Gasteiger partial charge in [0.25, 0.3) is 5.91 Å². The van der Waals surface area contributed by atoms with Crippen molar-refractivity contribution in [3.8, 4) is 0 Å². The number of likely N-dealkylation sites (N-methyl/N-ethyl adjacent to an activating group) is 1. The van der Waals surface area contributed by atoms with Crippen molar-refractivity contribution in [2.45, 2.75) is 24.8 Å². The average Bonchev–Trinajstić information content (AvgIpc) is 2.30. The van der Waals surface area contributed by atoms with E-state index in [1.807, 2.05) is 32.0 Å². The summed E-state index contributed by atoms with van der Waals surface area (Å²) in [5.74, 6) is 0.0213. The maximum absolute atomic E-state index is 12.3. The van der Waals surface area contributed by atoms with Crippen molar-refractivity contribution in [2.24, 2.45) is 0 Å². The molecule has 1 unspecified atom stereocenters. The standard InChI is InChI=1S/C13H19NO2S/c1-4-14(10(2)9-16-3)13(15)11-6-5-7-12(17)8-11/h5-8,10,17H,4,9H2,1-3H3. The highest BCUT2D eigenvalue weighted by Crippen LogP contribution is 2.13. The number of hydrogen-bond acceptors (Lipinski definition) is 3. The maximum Gasteiger partial charge on any atom is 0.254 e. The summed E-state index contributed by atoms with van der Waals surface area (Å²) in [5, 5.41) is 0. The molecule has 0 N–H and O–H groups in total. The molecule has 1 atom stereocenters. The molecule has 0 bridgehead atoms. The van der Waals surface area contributed by atoms with Gasteiger partial charge >= 0.3 is 0 Å². The molecule has 0 aromatic heterocycles. The number of amides is 1. The van der Waals surface area contributed by atoms with Crippen molar-refractivity contribution >= 4 is 18.5 Å². The van der Waals surface area contributed by atoms with Gasteiger partial charge < -0.3 is 9.64 Å². The highest BCUT2D eigenvalue weighted by atomic mass is 32.1. The summed E-state index contributed by atoms with van der Waals surface area (Å²) in [6, 6.07) is 7.36. The zero-order valence-electron chi connectivity index (χ0n) is 10.5. The van der Waals surface area contributed by atoms with E-state index in [1.54, 1.807) is 18.1 Å². The van der Waals surface area contributed by atoms with Crippen LogP contribution in [0.2, 0.25) is 0 Å². The molecule has 0 fully saturated rings. The van der Waals surface area contributed by atoms with Crippen LogP contribution < -0.4 is 0 Å². The number of carbonyl (C=O) groups excluding carboxylic acids is 1. The highest BCUT2D eigenvalue weighted by molar-refractivity contribution is 7.80. The van der Waals surface area contributed by atoms with E-state index in [2.05, 4.69) is 12.6 Å². The van der Waals surface area contributed by atoms with Crippen LogP contribution in [0.5, 0.6) is 0 Å². The number of thiol groups is 1. The first-order valence-electron chi connectivity index (χ1n) is 5.69. The molecule has 0 saturated heterocycles. The molecule has 1 aromatic rings. The lowest BCUT2D eigenvalue weighted by Gasteiger charge is -2.27. The molecule has 0 spiro atoms. The molecule has 0 aliphatic rings.